The van der Waals surface area contributed by atoms with E-state index < -0.39 is 10.8 Å². The Balaban J connectivity index is 2.58. The van der Waals surface area contributed by atoms with E-state index in [4.69, 9.17) is 4.74 Å². The third-order valence-electron chi connectivity index (χ3n) is 3.58. The normalized spacial score (nSPS) is 12.9. The van der Waals surface area contributed by atoms with Crippen LogP contribution in [0.2, 0.25) is 0 Å². The van der Waals surface area contributed by atoms with Gasteiger partial charge in [-0.2, -0.15) is 0 Å². The van der Waals surface area contributed by atoms with E-state index in [9.17, 15) is 9.00 Å². The molecule has 128 valence electrons. The summed E-state index contributed by atoms with van der Waals surface area (Å²) in [6.45, 7) is 6.09. The highest BCUT2D eigenvalue weighted by Gasteiger charge is 2.05. The zero-order valence-corrected chi connectivity index (χ0v) is 15.3. The molecule has 0 radical (unpaired) electrons. The maximum Gasteiger partial charge on any atom is 0.302 e. The molecule has 3 nitrogen and oxygen atoms in total. The van der Waals surface area contributed by atoms with Crippen molar-refractivity contribution in [3.8, 4) is 0 Å². The number of esters is 1. The van der Waals surface area contributed by atoms with E-state index in [0.717, 1.165) is 43.4 Å². The number of rotatable bonds is 10. The number of ether oxygens (including phenoxy) is 1. The van der Waals surface area contributed by atoms with Crippen LogP contribution < -0.4 is 0 Å². The fourth-order valence-corrected chi connectivity index (χ4v) is 3.29. The maximum absolute atomic E-state index is 12.5. The molecule has 0 N–H and O–H groups in total. The molecule has 0 aliphatic rings. The summed E-state index contributed by atoms with van der Waals surface area (Å²) >= 11 is 0. The first-order valence-corrected chi connectivity index (χ1v) is 9.54. The number of allylic oxidation sites excluding steroid dienone is 1. The van der Waals surface area contributed by atoms with Crippen LogP contribution in [0.4, 0.5) is 0 Å². The summed E-state index contributed by atoms with van der Waals surface area (Å²) in [6, 6.07) is 7.85. The van der Waals surface area contributed by atoms with Crippen molar-refractivity contribution in [2.45, 2.75) is 64.2 Å². The molecule has 0 aromatic heterocycles. The van der Waals surface area contributed by atoms with Gasteiger partial charge in [-0.1, -0.05) is 36.6 Å². The molecule has 0 spiro atoms. The molecule has 0 fully saturated rings. The van der Waals surface area contributed by atoms with Crippen LogP contribution >= 0.6 is 0 Å². The minimum Gasteiger partial charge on any atom is -0.466 e. The number of benzene rings is 1. The minimum absolute atomic E-state index is 0.229. The van der Waals surface area contributed by atoms with E-state index >= 15 is 0 Å². The molecule has 0 bridgehead atoms. The monoisotopic (exact) mass is 336 g/mol. The first-order chi connectivity index (χ1) is 11.0. The summed E-state index contributed by atoms with van der Waals surface area (Å²) in [5.41, 5.74) is 2.42. The molecule has 1 aromatic rings. The van der Waals surface area contributed by atoms with Crippen molar-refractivity contribution in [3.05, 3.63) is 40.8 Å². The van der Waals surface area contributed by atoms with E-state index in [1.165, 1.54) is 18.1 Å². The standard InChI is InChI=1S/C19H28O3S/c1-4-5-8-18(9-6-7-14-22-17(3)20)15-23(21)19-12-10-16(2)11-13-19/h10-13,15H,4-9,14H2,1-3H3/b18-15+/t23-/m1/s1. The van der Waals surface area contributed by atoms with Gasteiger partial charge in [0.1, 0.15) is 0 Å². The number of unbranched alkanes of at least 4 members (excludes halogenated alkanes) is 2. The van der Waals surface area contributed by atoms with Gasteiger partial charge in [0.15, 0.2) is 0 Å². The predicted octanol–water partition coefficient (Wildman–Crippen LogP) is 4.91. The lowest BCUT2D eigenvalue weighted by molar-refractivity contribution is -0.141. The summed E-state index contributed by atoms with van der Waals surface area (Å²) in [4.78, 5) is 11.6. The first kappa shape index (κ1) is 19.6. The number of carbonyl (C=O) groups is 1. The van der Waals surface area contributed by atoms with Gasteiger partial charge in [-0.25, -0.2) is 4.21 Å². The molecule has 4 heteroatoms. The van der Waals surface area contributed by atoms with Gasteiger partial charge >= 0.3 is 5.97 Å². The summed E-state index contributed by atoms with van der Waals surface area (Å²) in [6.07, 6.45) is 5.94. The Morgan fingerprint density at radius 1 is 1.13 bits per heavy atom. The minimum atomic E-state index is -1.09. The van der Waals surface area contributed by atoms with Crippen LogP contribution in [-0.2, 0) is 20.3 Å². The van der Waals surface area contributed by atoms with Crippen molar-refractivity contribution in [1.82, 2.24) is 0 Å². The van der Waals surface area contributed by atoms with Crippen molar-refractivity contribution in [3.63, 3.8) is 0 Å². The van der Waals surface area contributed by atoms with Crippen LogP contribution in [0.3, 0.4) is 0 Å². The topological polar surface area (TPSA) is 43.4 Å². The fourth-order valence-electron chi connectivity index (χ4n) is 2.21. The van der Waals surface area contributed by atoms with Gasteiger partial charge in [0, 0.05) is 17.2 Å². The van der Waals surface area contributed by atoms with Crippen molar-refractivity contribution >= 4 is 16.8 Å². The van der Waals surface area contributed by atoms with E-state index in [-0.39, 0.29) is 5.97 Å². The Bertz CT molecular complexity index is 532. The highest BCUT2D eigenvalue weighted by Crippen LogP contribution is 2.19. The van der Waals surface area contributed by atoms with E-state index in [1.54, 1.807) is 0 Å². The molecular weight excluding hydrogens is 308 g/mol. The highest BCUT2D eigenvalue weighted by atomic mass is 32.2. The molecule has 0 aliphatic heterocycles. The Hall–Kier alpha value is -1.42. The summed E-state index contributed by atoms with van der Waals surface area (Å²) in [7, 11) is -1.09. The summed E-state index contributed by atoms with van der Waals surface area (Å²) in [5, 5.41) is 1.91. The van der Waals surface area contributed by atoms with E-state index in [1.807, 2.05) is 36.6 Å². The average molecular weight is 336 g/mol. The second-order valence-electron chi connectivity index (χ2n) is 5.79. The van der Waals surface area contributed by atoms with Crippen LogP contribution in [0.1, 0.15) is 57.9 Å². The van der Waals surface area contributed by atoms with Crippen LogP contribution in [0.25, 0.3) is 0 Å². The molecule has 1 atom stereocenters. The predicted molar refractivity (Wildman–Crippen MR) is 95.7 cm³/mol. The fraction of sp³-hybridized carbons (Fsp3) is 0.526. The van der Waals surface area contributed by atoms with Crippen LogP contribution in [0.5, 0.6) is 0 Å². The molecule has 23 heavy (non-hydrogen) atoms. The smallest absolute Gasteiger partial charge is 0.302 e. The zero-order chi connectivity index (χ0) is 17.1. The van der Waals surface area contributed by atoms with Gasteiger partial charge in [0.25, 0.3) is 0 Å². The van der Waals surface area contributed by atoms with Gasteiger partial charge in [-0.05, 0) is 51.2 Å². The van der Waals surface area contributed by atoms with Crippen molar-refractivity contribution in [2.75, 3.05) is 6.61 Å². The number of carbonyl (C=O) groups excluding carboxylic acids is 1. The van der Waals surface area contributed by atoms with Gasteiger partial charge in [0.2, 0.25) is 0 Å². The van der Waals surface area contributed by atoms with Gasteiger partial charge in [-0.3, -0.25) is 4.79 Å². The highest BCUT2D eigenvalue weighted by molar-refractivity contribution is 7.88. The molecule has 0 saturated heterocycles. The van der Waals surface area contributed by atoms with E-state index in [2.05, 4.69) is 6.92 Å². The third-order valence-corrected chi connectivity index (χ3v) is 4.86. The van der Waals surface area contributed by atoms with Crippen LogP contribution in [0.15, 0.2) is 40.1 Å². The summed E-state index contributed by atoms with van der Waals surface area (Å²) in [5.74, 6) is -0.229. The van der Waals surface area contributed by atoms with Crippen LogP contribution in [0, 0.1) is 6.92 Å². The SMILES string of the molecule is CCCC/C(=C\[S@@](=O)c1ccc(C)cc1)CCCCOC(C)=O. The van der Waals surface area contributed by atoms with Crippen LogP contribution in [-0.4, -0.2) is 16.8 Å². The molecular formula is C19H28O3S. The second kappa shape index (κ2) is 11.2. The lowest BCUT2D eigenvalue weighted by atomic mass is 10.0. The van der Waals surface area contributed by atoms with Crippen molar-refractivity contribution in [2.24, 2.45) is 0 Å². The lowest BCUT2D eigenvalue weighted by Crippen LogP contribution is -2.00. The Kier molecular flexibility index (Phi) is 9.53. The third kappa shape index (κ3) is 8.70. The van der Waals surface area contributed by atoms with Gasteiger partial charge in [0.05, 0.1) is 17.4 Å². The van der Waals surface area contributed by atoms with Gasteiger partial charge < -0.3 is 4.74 Å². The number of hydrogen-bond donors (Lipinski definition) is 0. The lowest BCUT2D eigenvalue weighted by Gasteiger charge is -2.08. The first-order valence-electron chi connectivity index (χ1n) is 8.33. The van der Waals surface area contributed by atoms with E-state index in [0.29, 0.717) is 6.61 Å². The Morgan fingerprint density at radius 3 is 2.39 bits per heavy atom. The van der Waals surface area contributed by atoms with Crippen molar-refractivity contribution in [1.29, 1.82) is 0 Å². The number of hydrogen-bond acceptors (Lipinski definition) is 3. The summed E-state index contributed by atoms with van der Waals surface area (Å²) < 4.78 is 17.4. The average Bonchev–Trinajstić information content (AvgIpc) is 2.52. The molecule has 0 aliphatic carbocycles. The zero-order valence-electron chi connectivity index (χ0n) is 14.5. The van der Waals surface area contributed by atoms with Gasteiger partial charge in [-0.15, -0.1) is 0 Å². The van der Waals surface area contributed by atoms with Crippen molar-refractivity contribution < 1.29 is 13.7 Å². The molecule has 1 aromatic carbocycles. The molecule has 1 rings (SSSR count). The number of aryl methyl sites for hydroxylation is 1. The Morgan fingerprint density at radius 2 is 1.78 bits per heavy atom. The second-order valence-corrected chi connectivity index (χ2v) is 7.09. The maximum atomic E-state index is 12.5. The molecule has 0 amide bonds. The molecule has 0 heterocycles. The largest absolute Gasteiger partial charge is 0.466 e. The Labute approximate surface area is 142 Å². The quantitative estimate of drug-likeness (QED) is 0.450. The molecule has 0 saturated carbocycles. The molecule has 0 unspecified atom stereocenters.